The maximum atomic E-state index is 8.75. The zero-order valence-electron chi connectivity index (χ0n) is 6.67. The van der Waals surface area contributed by atoms with Gasteiger partial charge in [0, 0.05) is 17.3 Å². The Bertz CT molecular complexity index is 74.4. The zero-order chi connectivity index (χ0) is 9.98. The van der Waals surface area contributed by atoms with E-state index in [0.717, 1.165) is 0 Å². The van der Waals surface area contributed by atoms with Gasteiger partial charge in [-0.2, -0.15) is 37.9 Å². The van der Waals surface area contributed by atoms with Crippen molar-refractivity contribution >= 4 is 37.9 Å². The summed E-state index contributed by atoms with van der Waals surface area (Å²) < 4.78 is 0. The average Bonchev–Trinajstić information content (AvgIpc) is 2.15. The predicted octanol–water partition coefficient (Wildman–Crippen LogP) is -0.524. The van der Waals surface area contributed by atoms with Gasteiger partial charge >= 0.3 is 0 Å². The van der Waals surface area contributed by atoms with Crippen molar-refractivity contribution in [1.29, 1.82) is 0 Å². The van der Waals surface area contributed by atoms with Crippen LogP contribution in [0.1, 0.15) is 0 Å². The minimum atomic E-state index is -0.740. The molecule has 0 aliphatic rings. The second-order valence-corrected chi connectivity index (χ2v) is 3.12. The first kappa shape index (κ1) is 15.4. The number of thiol groups is 3. The molecule has 0 aliphatic carbocycles. The molecule has 0 aromatic carbocycles. The molecule has 0 aromatic rings. The number of hydrogen-bond donors (Lipinski definition) is 6. The largest absolute Gasteiger partial charge is 0.396 e. The molecule has 6 heteroatoms. The lowest BCUT2D eigenvalue weighted by Crippen LogP contribution is -2.28. The normalized spacial score (nSPS) is 14.5. The molecule has 0 saturated heterocycles. The third-order valence-electron chi connectivity index (χ3n) is 0.918. The van der Waals surface area contributed by atoms with E-state index in [4.69, 9.17) is 15.3 Å². The number of aliphatic hydroxyl groups excluding tert-OH is 3. The van der Waals surface area contributed by atoms with Crippen LogP contribution in [0, 0.1) is 0 Å². The monoisotopic (exact) mass is 232 g/mol. The fourth-order valence-corrected chi connectivity index (χ4v) is 0.730. The second kappa shape index (κ2) is 11.9. The summed E-state index contributed by atoms with van der Waals surface area (Å²) in [5, 5.41) is 25.3. The SMILES string of the molecule is OCCS.O[C@H](CS)[C@H](O)CS. The predicted molar refractivity (Wildman–Crippen MR) is 60.7 cm³/mol. The smallest absolute Gasteiger partial charge is 0.0894 e. The van der Waals surface area contributed by atoms with Gasteiger partial charge in [-0.05, 0) is 0 Å². The van der Waals surface area contributed by atoms with Crippen LogP contribution in [0.3, 0.4) is 0 Å². The van der Waals surface area contributed by atoms with Crippen LogP contribution in [0.15, 0.2) is 0 Å². The van der Waals surface area contributed by atoms with Crippen LogP contribution in [0.4, 0.5) is 0 Å². The Morgan fingerprint density at radius 1 is 0.917 bits per heavy atom. The van der Waals surface area contributed by atoms with Gasteiger partial charge in [0.25, 0.3) is 0 Å². The van der Waals surface area contributed by atoms with Crippen LogP contribution >= 0.6 is 37.9 Å². The standard InChI is InChI=1S/C4H10O2S2.C2H6OS/c5-3(1-7)4(6)2-8;3-1-2-4/h3-8H,1-2H2;3-4H,1-2H2/t3-,4-;/m1./s1. The molecule has 0 aliphatic heterocycles. The summed E-state index contributed by atoms with van der Waals surface area (Å²) in [5.74, 6) is 1.13. The second-order valence-electron chi connectivity index (χ2n) is 1.95. The highest BCUT2D eigenvalue weighted by Crippen LogP contribution is 1.96. The van der Waals surface area contributed by atoms with Crippen LogP contribution in [-0.4, -0.2) is 51.4 Å². The minimum Gasteiger partial charge on any atom is -0.396 e. The molecule has 0 amide bonds. The molecule has 0 spiro atoms. The molecule has 0 radical (unpaired) electrons. The van der Waals surface area contributed by atoms with Crippen molar-refractivity contribution in [2.24, 2.45) is 0 Å². The Labute approximate surface area is 89.4 Å². The molecule has 3 nitrogen and oxygen atoms in total. The average molecular weight is 232 g/mol. The van der Waals surface area contributed by atoms with E-state index in [1.54, 1.807) is 0 Å². The molecular formula is C6H16O3S3. The van der Waals surface area contributed by atoms with E-state index in [9.17, 15) is 0 Å². The lowest BCUT2D eigenvalue weighted by Gasteiger charge is -2.11. The highest BCUT2D eigenvalue weighted by molar-refractivity contribution is 7.80. The summed E-state index contributed by atoms with van der Waals surface area (Å²) in [6, 6.07) is 0. The number of hydrogen-bond acceptors (Lipinski definition) is 6. The Morgan fingerprint density at radius 2 is 1.17 bits per heavy atom. The van der Waals surface area contributed by atoms with Crippen molar-refractivity contribution in [3.8, 4) is 0 Å². The Kier molecular flexibility index (Phi) is 15.3. The molecule has 0 rings (SSSR count). The van der Waals surface area contributed by atoms with E-state index in [1.165, 1.54) is 0 Å². The highest BCUT2D eigenvalue weighted by atomic mass is 32.1. The van der Waals surface area contributed by atoms with Crippen molar-refractivity contribution in [2.75, 3.05) is 23.9 Å². The molecule has 76 valence electrons. The van der Waals surface area contributed by atoms with Crippen LogP contribution in [0.5, 0.6) is 0 Å². The number of rotatable bonds is 4. The topological polar surface area (TPSA) is 60.7 Å². The van der Waals surface area contributed by atoms with Gasteiger partial charge in [0.05, 0.1) is 18.8 Å². The first-order valence-electron chi connectivity index (χ1n) is 3.43. The van der Waals surface area contributed by atoms with Gasteiger partial charge in [-0.15, -0.1) is 0 Å². The van der Waals surface area contributed by atoms with Gasteiger partial charge in [0.2, 0.25) is 0 Å². The van der Waals surface area contributed by atoms with Gasteiger partial charge in [-0.25, -0.2) is 0 Å². The van der Waals surface area contributed by atoms with Crippen molar-refractivity contribution < 1.29 is 15.3 Å². The van der Waals surface area contributed by atoms with Crippen LogP contribution in [-0.2, 0) is 0 Å². The summed E-state index contributed by atoms with van der Waals surface area (Å²) >= 11 is 11.2. The lowest BCUT2D eigenvalue weighted by molar-refractivity contribution is 0.0504. The third kappa shape index (κ3) is 10.9. The quantitative estimate of drug-likeness (QED) is 0.370. The molecule has 0 saturated carbocycles. The minimum absolute atomic E-state index is 0.184. The summed E-state index contributed by atoms with van der Waals surface area (Å²) in [7, 11) is 0. The van der Waals surface area contributed by atoms with E-state index in [-0.39, 0.29) is 18.1 Å². The van der Waals surface area contributed by atoms with E-state index < -0.39 is 12.2 Å². The van der Waals surface area contributed by atoms with E-state index >= 15 is 0 Å². The van der Waals surface area contributed by atoms with Gasteiger partial charge < -0.3 is 15.3 Å². The Morgan fingerprint density at radius 3 is 1.25 bits per heavy atom. The van der Waals surface area contributed by atoms with Crippen LogP contribution in [0.25, 0.3) is 0 Å². The maximum absolute atomic E-state index is 8.75. The Balaban J connectivity index is 0. The molecule has 12 heavy (non-hydrogen) atoms. The van der Waals surface area contributed by atoms with Crippen molar-refractivity contribution in [1.82, 2.24) is 0 Å². The van der Waals surface area contributed by atoms with Crippen LogP contribution in [0.2, 0.25) is 0 Å². The van der Waals surface area contributed by atoms with Gasteiger partial charge in [0.1, 0.15) is 0 Å². The molecule has 3 N–H and O–H groups in total. The van der Waals surface area contributed by atoms with Crippen molar-refractivity contribution in [2.45, 2.75) is 12.2 Å². The van der Waals surface area contributed by atoms with Gasteiger partial charge in [0.15, 0.2) is 0 Å². The summed E-state index contributed by atoms with van der Waals surface area (Å²) in [6.07, 6.45) is -1.48. The number of aliphatic hydroxyl groups is 3. The van der Waals surface area contributed by atoms with Crippen molar-refractivity contribution in [3.63, 3.8) is 0 Å². The molecule has 0 bridgehead atoms. The molecule has 0 fully saturated rings. The molecule has 0 heterocycles. The molecule has 2 atom stereocenters. The van der Waals surface area contributed by atoms with Gasteiger partial charge in [-0.3, -0.25) is 0 Å². The Hall–Kier alpha value is 0.930. The van der Waals surface area contributed by atoms with Gasteiger partial charge in [-0.1, -0.05) is 0 Å². The van der Waals surface area contributed by atoms with Crippen molar-refractivity contribution in [3.05, 3.63) is 0 Å². The summed E-state index contributed by atoms with van der Waals surface area (Å²) in [6.45, 7) is 0.184. The van der Waals surface area contributed by atoms with E-state index in [1.807, 2.05) is 0 Å². The highest BCUT2D eigenvalue weighted by Gasteiger charge is 2.10. The molecular weight excluding hydrogens is 216 g/mol. The van der Waals surface area contributed by atoms with E-state index in [0.29, 0.717) is 5.75 Å². The first-order chi connectivity index (χ1) is 5.63. The molecule has 0 unspecified atom stereocenters. The van der Waals surface area contributed by atoms with E-state index in [2.05, 4.69) is 37.9 Å². The zero-order valence-corrected chi connectivity index (χ0v) is 9.35. The van der Waals surface area contributed by atoms with Crippen LogP contribution < -0.4 is 0 Å². The fourth-order valence-electron chi connectivity index (χ4n) is 0.243. The fraction of sp³-hybridized carbons (Fsp3) is 1.00. The lowest BCUT2D eigenvalue weighted by atomic mass is 10.3. The maximum Gasteiger partial charge on any atom is 0.0894 e. The summed E-state index contributed by atoms with van der Waals surface area (Å²) in [4.78, 5) is 0. The summed E-state index contributed by atoms with van der Waals surface area (Å²) in [5.41, 5.74) is 0. The first-order valence-corrected chi connectivity index (χ1v) is 5.33. The third-order valence-corrected chi connectivity index (χ3v) is 1.87. The molecule has 0 aromatic heterocycles.